The fraction of sp³-hybridized carbons (Fsp3) is 0.350. The third-order valence-corrected chi connectivity index (χ3v) is 6.92. The Kier molecular flexibility index (Phi) is 6.68. The average Bonchev–Trinajstić information content (AvgIpc) is 2.70. The fourth-order valence-electron chi connectivity index (χ4n) is 3.27. The number of benzene rings is 2. The molecule has 0 aromatic heterocycles. The summed E-state index contributed by atoms with van der Waals surface area (Å²) in [5, 5.41) is 2.57. The molecule has 0 radical (unpaired) electrons. The number of nitrogens with one attached hydrogen (secondary N) is 1. The topological polar surface area (TPSA) is 69.7 Å². The van der Waals surface area contributed by atoms with Crippen molar-refractivity contribution < 1.29 is 30.8 Å². The van der Waals surface area contributed by atoms with E-state index in [-0.39, 0.29) is 32.7 Å². The summed E-state index contributed by atoms with van der Waals surface area (Å²) < 4.78 is 79.8. The summed E-state index contributed by atoms with van der Waals surface area (Å²) in [6.07, 6.45) is -4.79. The molecule has 1 N–H and O–H groups in total. The number of carbonyl (C=O) groups excluding carboxylic acids is 1. The van der Waals surface area contributed by atoms with Crippen LogP contribution in [0, 0.1) is 12.7 Å². The second-order valence-corrected chi connectivity index (χ2v) is 9.09. The maximum absolute atomic E-state index is 13.6. The minimum Gasteiger partial charge on any atom is -0.325 e. The van der Waals surface area contributed by atoms with Crippen LogP contribution in [0.1, 0.15) is 11.1 Å². The van der Waals surface area contributed by atoms with Gasteiger partial charge >= 0.3 is 6.18 Å². The Balaban J connectivity index is 1.61. The summed E-state index contributed by atoms with van der Waals surface area (Å²) in [5.41, 5.74) is -0.456. The molecule has 1 aliphatic heterocycles. The normalized spacial score (nSPS) is 16.3. The highest BCUT2D eigenvalue weighted by molar-refractivity contribution is 7.89. The number of nitrogens with zero attached hydrogens (tertiary/aromatic N) is 2. The number of aryl methyl sites for hydroxylation is 1. The zero-order chi connectivity index (χ0) is 22.8. The molecule has 1 amide bonds. The van der Waals surface area contributed by atoms with E-state index < -0.39 is 38.4 Å². The van der Waals surface area contributed by atoms with Crippen LogP contribution < -0.4 is 5.32 Å². The van der Waals surface area contributed by atoms with E-state index in [4.69, 9.17) is 0 Å². The van der Waals surface area contributed by atoms with Crippen LogP contribution in [0.5, 0.6) is 0 Å². The Bertz CT molecular complexity index is 1070. The molecule has 0 spiro atoms. The van der Waals surface area contributed by atoms with Crippen LogP contribution in [0.3, 0.4) is 0 Å². The molecular formula is C20H21F4N3O3S. The third-order valence-electron chi connectivity index (χ3n) is 4.96. The molecule has 11 heteroatoms. The van der Waals surface area contributed by atoms with Crippen molar-refractivity contribution in [3.63, 3.8) is 0 Å². The van der Waals surface area contributed by atoms with Crippen molar-refractivity contribution in [1.29, 1.82) is 0 Å². The number of piperazine rings is 1. The summed E-state index contributed by atoms with van der Waals surface area (Å²) in [5.74, 6) is -0.849. The number of carbonyl (C=O) groups is 1. The van der Waals surface area contributed by atoms with E-state index in [1.54, 1.807) is 17.9 Å². The number of hydrogen-bond donors (Lipinski definition) is 1. The van der Waals surface area contributed by atoms with Crippen molar-refractivity contribution in [3.05, 3.63) is 59.4 Å². The minimum absolute atomic E-state index is 0.0531. The van der Waals surface area contributed by atoms with Gasteiger partial charge in [-0.2, -0.15) is 17.5 Å². The Labute approximate surface area is 177 Å². The molecule has 0 unspecified atom stereocenters. The Morgan fingerprint density at radius 2 is 1.71 bits per heavy atom. The van der Waals surface area contributed by atoms with Crippen LogP contribution >= 0.6 is 0 Å². The van der Waals surface area contributed by atoms with Gasteiger partial charge in [0.1, 0.15) is 5.82 Å². The number of hydrogen-bond acceptors (Lipinski definition) is 4. The van der Waals surface area contributed by atoms with Crippen molar-refractivity contribution in [2.45, 2.75) is 18.0 Å². The van der Waals surface area contributed by atoms with Crippen molar-refractivity contribution in [2.24, 2.45) is 0 Å². The van der Waals surface area contributed by atoms with Crippen LogP contribution in [0.15, 0.2) is 47.4 Å². The quantitative estimate of drug-likeness (QED) is 0.698. The smallest absolute Gasteiger partial charge is 0.325 e. The van der Waals surface area contributed by atoms with E-state index in [2.05, 4.69) is 5.32 Å². The molecule has 168 valence electrons. The Hall–Kier alpha value is -2.50. The molecule has 6 nitrogen and oxygen atoms in total. The highest BCUT2D eigenvalue weighted by Gasteiger charge is 2.39. The number of anilines is 1. The number of alkyl halides is 3. The summed E-state index contributed by atoms with van der Waals surface area (Å²) >= 11 is 0. The van der Waals surface area contributed by atoms with E-state index in [9.17, 15) is 30.8 Å². The molecule has 31 heavy (non-hydrogen) atoms. The van der Waals surface area contributed by atoms with E-state index >= 15 is 0 Å². The molecule has 0 atom stereocenters. The summed E-state index contributed by atoms with van der Waals surface area (Å²) in [6, 6.07) is 8.37. The molecule has 1 saturated heterocycles. The summed E-state index contributed by atoms with van der Waals surface area (Å²) in [4.78, 5) is 13.1. The van der Waals surface area contributed by atoms with Crippen molar-refractivity contribution in [2.75, 3.05) is 38.0 Å². The average molecular weight is 459 g/mol. The zero-order valence-corrected chi connectivity index (χ0v) is 17.4. The molecule has 0 bridgehead atoms. The van der Waals surface area contributed by atoms with E-state index in [1.807, 2.05) is 0 Å². The monoisotopic (exact) mass is 459 g/mol. The lowest BCUT2D eigenvalue weighted by atomic mass is 10.2. The molecule has 0 saturated carbocycles. The van der Waals surface area contributed by atoms with Gasteiger partial charge in [0.15, 0.2) is 0 Å². The second kappa shape index (κ2) is 8.93. The van der Waals surface area contributed by atoms with Crippen molar-refractivity contribution in [1.82, 2.24) is 9.21 Å². The molecule has 1 aliphatic rings. The lowest BCUT2D eigenvalue weighted by Gasteiger charge is -2.34. The molecule has 2 aromatic carbocycles. The van der Waals surface area contributed by atoms with Gasteiger partial charge in [-0.1, -0.05) is 18.2 Å². The van der Waals surface area contributed by atoms with E-state index in [0.29, 0.717) is 11.3 Å². The van der Waals surface area contributed by atoms with Gasteiger partial charge in [-0.3, -0.25) is 9.69 Å². The first kappa shape index (κ1) is 23.2. The van der Waals surface area contributed by atoms with Crippen LogP contribution in [-0.4, -0.2) is 56.3 Å². The van der Waals surface area contributed by atoms with Gasteiger partial charge < -0.3 is 5.32 Å². The molecule has 2 aromatic rings. The Morgan fingerprint density at radius 3 is 2.32 bits per heavy atom. The number of sulfonamides is 1. The second-order valence-electron chi connectivity index (χ2n) is 7.19. The highest BCUT2D eigenvalue weighted by atomic mass is 32.2. The predicted molar refractivity (Wildman–Crippen MR) is 106 cm³/mol. The third kappa shape index (κ3) is 5.41. The first-order valence-electron chi connectivity index (χ1n) is 9.43. The minimum atomic E-state index is -4.79. The number of rotatable bonds is 5. The standard InChI is InChI=1S/C20H21F4N3O3S/c1-14-6-7-15(12-17(14)21)25-19(28)13-26-8-10-27(11-9-26)31(29,30)18-5-3-2-4-16(18)20(22,23)24/h2-7,12H,8-11,13H2,1H3,(H,25,28). The van der Waals surface area contributed by atoms with Crippen molar-refractivity contribution in [3.8, 4) is 0 Å². The maximum atomic E-state index is 13.6. The Morgan fingerprint density at radius 1 is 1.06 bits per heavy atom. The molecular weight excluding hydrogens is 438 g/mol. The van der Waals surface area contributed by atoms with Gasteiger partial charge in [-0.15, -0.1) is 0 Å². The van der Waals surface area contributed by atoms with Crippen molar-refractivity contribution >= 4 is 21.6 Å². The zero-order valence-electron chi connectivity index (χ0n) is 16.6. The number of halogens is 4. The van der Waals surface area contributed by atoms with Gasteiger partial charge in [-0.05, 0) is 36.8 Å². The molecule has 3 rings (SSSR count). The van der Waals surface area contributed by atoms with Gasteiger partial charge in [0.05, 0.1) is 17.0 Å². The van der Waals surface area contributed by atoms with Crippen LogP contribution in [0.2, 0.25) is 0 Å². The lowest BCUT2D eigenvalue weighted by molar-refractivity contribution is -0.140. The first-order valence-corrected chi connectivity index (χ1v) is 10.9. The van der Waals surface area contributed by atoms with Gasteiger partial charge in [-0.25, -0.2) is 12.8 Å². The number of amides is 1. The summed E-state index contributed by atoms with van der Waals surface area (Å²) in [6.45, 7) is 1.78. The largest absolute Gasteiger partial charge is 0.417 e. The van der Waals surface area contributed by atoms with Crippen LogP contribution in [-0.2, 0) is 21.0 Å². The SMILES string of the molecule is Cc1ccc(NC(=O)CN2CCN(S(=O)(=O)c3ccccc3C(F)(F)F)CC2)cc1F. The summed E-state index contributed by atoms with van der Waals surface area (Å²) in [7, 11) is -4.34. The predicted octanol–water partition coefficient (Wildman–Crippen LogP) is 3.10. The highest BCUT2D eigenvalue weighted by Crippen LogP contribution is 2.35. The van der Waals surface area contributed by atoms with E-state index in [1.165, 1.54) is 18.2 Å². The van der Waals surface area contributed by atoms with E-state index in [0.717, 1.165) is 22.5 Å². The maximum Gasteiger partial charge on any atom is 0.417 e. The molecule has 0 aliphatic carbocycles. The lowest BCUT2D eigenvalue weighted by Crippen LogP contribution is -2.50. The van der Waals surface area contributed by atoms with Gasteiger partial charge in [0.2, 0.25) is 15.9 Å². The van der Waals surface area contributed by atoms with Gasteiger partial charge in [0.25, 0.3) is 0 Å². The van der Waals surface area contributed by atoms with Gasteiger partial charge in [0, 0.05) is 31.9 Å². The van der Waals surface area contributed by atoms with Crippen LogP contribution in [0.25, 0.3) is 0 Å². The fourth-order valence-corrected chi connectivity index (χ4v) is 4.90. The molecule has 1 fully saturated rings. The molecule has 1 heterocycles. The first-order chi connectivity index (χ1) is 14.5. The van der Waals surface area contributed by atoms with Crippen LogP contribution in [0.4, 0.5) is 23.2 Å².